The van der Waals surface area contributed by atoms with E-state index in [0.29, 0.717) is 29.4 Å². The summed E-state index contributed by atoms with van der Waals surface area (Å²) in [6, 6.07) is 17.7. The predicted octanol–water partition coefficient (Wildman–Crippen LogP) is 6.07. The number of hydrogen-bond acceptors (Lipinski definition) is 3. The van der Waals surface area contributed by atoms with E-state index in [1.54, 1.807) is 0 Å². The van der Waals surface area contributed by atoms with Crippen molar-refractivity contribution in [1.82, 2.24) is 5.32 Å². The molecule has 184 valence electrons. The smallest absolute Gasteiger partial charge is 0.119 e. The van der Waals surface area contributed by atoms with E-state index in [2.05, 4.69) is 74.6 Å². The van der Waals surface area contributed by atoms with Gasteiger partial charge in [0.25, 0.3) is 0 Å². The molecule has 0 heterocycles. The SMILES string of the molecule is CCc1ccc(CCNCC(O)COc2ccc(C34CC5C[C@@](C)(C3)C[C@](C)(C5)C4)cc2)cc1. The van der Waals surface area contributed by atoms with Gasteiger partial charge in [0.2, 0.25) is 0 Å². The quantitative estimate of drug-likeness (QED) is 0.422. The topological polar surface area (TPSA) is 41.5 Å². The molecule has 4 aliphatic rings. The van der Waals surface area contributed by atoms with E-state index in [0.717, 1.165) is 31.1 Å². The van der Waals surface area contributed by atoms with Crippen molar-refractivity contribution in [2.75, 3.05) is 19.7 Å². The van der Waals surface area contributed by atoms with Gasteiger partial charge in [-0.05, 0) is 109 Å². The van der Waals surface area contributed by atoms with Crippen LogP contribution in [-0.2, 0) is 18.3 Å². The van der Waals surface area contributed by atoms with Crippen LogP contribution in [0, 0.1) is 16.7 Å². The molecule has 0 spiro atoms. The third-order valence-corrected chi connectivity index (χ3v) is 8.94. The lowest BCUT2D eigenvalue weighted by Crippen LogP contribution is -2.56. The third kappa shape index (κ3) is 5.06. The van der Waals surface area contributed by atoms with Crippen LogP contribution in [0.1, 0.15) is 76.0 Å². The molecule has 3 unspecified atom stereocenters. The maximum Gasteiger partial charge on any atom is 0.119 e. The lowest BCUT2D eigenvalue weighted by molar-refractivity contribution is -0.110. The van der Waals surface area contributed by atoms with E-state index in [1.165, 1.54) is 55.2 Å². The predicted molar refractivity (Wildman–Crippen MR) is 139 cm³/mol. The lowest BCUT2D eigenvalue weighted by Gasteiger charge is -2.65. The summed E-state index contributed by atoms with van der Waals surface area (Å²) in [6.07, 6.45) is 9.88. The molecule has 0 aliphatic heterocycles. The fraction of sp³-hybridized carbons (Fsp3) is 0.613. The molecular weight excluding hydrogens is 418 g/mol. The minimum absolute atomic E-state index is 0.320. The maximum absolute atomic E-state index is 10.4. The van der Waals surface area contributed by atoms with Crippen molar-refractivity contribution in [3.63, 3.8) is 0 Å². The second-order valence-corrected chi connectivity index (χ2v) is 12.5. The van der Waals surface area contributed by atoms with Gasteiger partial charge in [0, 0.05) is 6.54 Å². The van der Waals surface area contributed by atoms with Gasteiger partial charge in [-0.2, -0.15) is 0 Å². The molecule has 2 N–H and O–H groups in total. The summed E-state index contributed by atoms with van der Waals surface area (Å²) >= 11 is 0. The van der Waals surface area contributed by atoms with Crippen LogP contribution in [0.3, 0.4) is 0 Å². The van der Waals surface area contributed by atoms with Crippen LogP contribution in [0.2, 0.25) is 0 Å². The van der Waals surface area contributed by atoms with E-state index < -0.39 is 6.10 Å². The van der Waals surface area contributed by atoms with Gasteiger partial charge in [-0.3, -0.25) is 0 Å². The molecule has 4 fully saturated rings. The molecule has 4 saturated carbocycles. The van der Waals surface area contributed by atoms with Crippen LogP contribution < -0.4 is 10.1 Å². The monoisotopic (exact) mass is 461 g/mol. The molecule has 4 aliphatic carbocycles. The minimum Gasteiger partial charge on any atom is -0.491 e. The summed E-state index contributed by atoms with van der Waals surface area (Å²) in [6.45, 7) is 8.99. The van der Waals surface area contributed by atoms with E-state index in [4.69, 9.17) is 4.74 Å². The van der Waals surface area contributed by atoms with Gasteiger partial charge in [-0.15, -0.1) is 0 Å². The molecule has 3 nitrogen and oxygen atoms in total. The Kier molecular flexibility index (Phi) is 6.54. The van der Waals surface area contributed by atoms with Crippen LogP contribution in [0.15, 0.2) is 48.5 Å². The summed E-state index contributed by atoms with van der Waals surface area (Å²) in [7, 11) is 0. The Hall–Kier alpha value is -1.84. The van der Waals surface area contributed by atoms with Crippen LogP contribution >= 0.6 is 0 Å². The van der Waals surface area contributed by atoms with Crippen molar-refractivity contribution in [1.29, 1.82) is 0 Å². The van der Waals surface area contributed by atoms with Gasteiger partial charge in [0.1, 0.15) is 18.5 Å². The first kappa shape index (κ1) is 23.9. The highest BCUT2D eigenvalue weighted by Gasteiger charge is 2.60. The van der Waals surface area contributed by atoms with E-state index in [1.807, 2.05) is 0 Å². The molecule has 6 rings (SSSR count). The number of benzene rings is 2. The molecule has 0 amide bonds. The van der Waals surface area contributed by atoms with Crippen molar-refractivity contribution in [3.8, 4) is 5.75 Å². The van der Waals surface area contributed by atoms with Crippen molar-refractivity contribution in [2.45, 2.75) is 83.7 Å². The highest BCUT2D eigenvalue weighted by atomic mass is 16.5. The minimum atomic E-state index is -0.509. The second kappa shape index (κ2) is 9.32. The zero-order chi connectivity index (χ0) is 23.8. The molecule has 34 heavy (non-hydrogen) atoms. The number of nitrogens with one attached hydrogen (secondary N) is 1. The van der Waals surface area contributed by atoms with Crippen molar-refractivity contribution in [3.05, 3.63) is 65.2 Å². The molecule has 3 heteroatoms. The van der Waals surface area contributed by atoms with Crippen LogP contribution in [0.25, 0.3) is 0 Å². The molecule has 0 aromatic heterocycles. The number of aryl methyl sites for hydroxylation is 1. The molecular formula is C31H43NO2. The zero-order valence-electron chi connectivity index (χ0n) is 21.4. The standard InChI is InChI=1S/C31H43NO2/c1-4-23-5-7-24(8-6-23)13-14-32-18-27(33)19-34-28-11-9-26(10-12-28)31-17-25-15-29(2,21-31)20-30(3,16-25)22-31/h5-12,25,27,32-33H,4,13-22H2,1-3H3/t25?,27?,29-,30+,31?. The summed E-state index contributed by atoms with van der Waals surface area (Å²) in [5, 5.41) is 13.7. The van der Waals surface area contributed by atoms with Crippen molar-refractivity contribution >= 4 is 0 Å². The number of ether oxygens (including phenoxy) is 1. The maximum atomic E-state index is 10.4. The first-order valence-corrected chi connectivity index (χ1v) is 13.5. The molecule has 0 saturated heterocycles. The number of hydrogen-bond donors (Lipinski definition) is 2. The van der Waals surface area contributed by atoms with Gasteiger partial charge in [-0.25, -0.2) is 0 Å². The highest BCUT2D eigenvalue weighted by Crippen LogP contribution is 2.69. The normalized spacial score (nSPS) is 32.6. The summed E-state index contributed by atoms with van der Waals surface area (Å²) in [5.74, 6) is 1.77. The summed E-state index contributed by atoms with van der Waals surface area (Å²) in [4.78, 5) is 0. The largest absolute Gasteiger partial charge is 0.491 e. The van der Waals surface area contributed by atoms with E-state index in [-0.39, 0.29) is 0 Å². The van der Waals surface area contributed by atoms with Gasteiger partial charge in [-0.1, -0.05) is 57.2 Å². The Bertz CT molecular complexity index is 948. The average Bonchev–Trinajstić information content (AvgIpc) is 2.79. The summed E-state index contributed by atoms with van der Waals surface area (Å²) < 4.78 is 5.93. The molecule has 0 radical (unpaired) electrons. The number of rotatable bonds is 10. The van der Waals surface area contributed by atoms with Crippen LogP contribution in [0.4, 0.5) is 0 Å². The molecule has 2 aromatic carbocycles. The zero-order valence-corrected chi connectivity index (χ0v) is 21.4. The van der Waals surface area contributed by atoms with Gasteiger partial charge >= 0.3 is 0 Å². The molecule has 4 bridgehead atoms. The van der Waals surface area contributed by atoms with Crippen molar-refractivity contribution in [2.24, 2.45) is 16.7 Å². The Balaban J connectivity index is 1.08. The third-order valence-electron chi connectivity index (χ3n) is 8.94. The van der Waals surface area contributed by atoms with Gasteiger partial charge in [0.15, 0.2) is 0 Å². The molecule has 5 atom stereocenters. The van der Waals surface area contributed by atoms with E-state index in [9.17, 15) is 5.11 Å². The molecule has 2 aromatic rings. The van der Waals surface area contributed by atoms with Crippen LogP contribution in [-0.4, -0.2) is 30.9 Å². The summed E-state index contributed by atoms with van der Waals surface area (Å²) in [5.41, 5.74) is 5.63. The Morgan fingerprint density at radius 1 is 0.912 bits per heavy atom. The van der Waals surface area contributed by atoms with E-state index >= 15 is 0 Å². The van der Waals surface area contributed by atoms with Crippen molar-refractivity contribution < 1.29 is 9.84 Å². The fourth-order valence-electron chi connectivity index (χ4n) is 8.37. The second-order valence-electron chi connectivity index (χ2n) is 12.5. The van der Waals surface area contributed by atoms with Gasteiger partial charge < -0.3 is 15.2 Å². The number of aliphatic hydroxyl groups excluding tert-OH is 1. The lowest BCUT2D eigenvalue weighted by atomic mass is 9.39. The Labute approximate surface area is 206 Å². The Morgan fingerprint density at radius 3 is 2.18 bits per heavy atom. The van der Waals surface area contributed by atoms with Crippen LogP contribution in [0.5, 0.6) is 5.75 Å². The highest BCUT2D eigenvalue weighted by molar-refractivity contribution is 5.36. The number of aliphatic hydroxyl groups is 1. The fourth-order valence-corrected chi connectivity index (χ4v) is 8.37. The first-order valence-electron chi connectivity index (χ1n) is 13.5. The average molecular weight is 462 g/mol. The first-order chi connectivity index (χ1) is 16.3. The Morgan fingerprint density at radius 2 is 1.56 bits per heavy atom. The van der Waals surface area contributed by atoms with Gasteiger partial charge in [0.05, 0.1) is 0 Å².